The fourth-order valence-corrected chi connectivity index (χ4v) is 6.41. The molecular weight excluding hydrogens is 372 g/mol. The van der Waals surface area contributed by atoms with Crippen LogP contribution in [0.5, 0.6) is 5.75 Å². The van der Waals surface area contributed by atoms with Crippen molar-refractivity contribution >= 4 is 11.5 Å². The molecule has 2 saturated carbocycles. The molecule has 0 radical (unpaired) electrons. The minimum Gasteiger partial charge on any atom is -0.497 e. The van der Waals surface area contributed by atoms with Gasteiger partial charge in [-0.15, -0.1) is 0 Å². The molecule has 2 aliphatic carbocycles. The average Bonchev–Trinajstić information content (AvgIpc) is 3.32. The zero-order chi connectivity index (χ0) is 21.5. The second kappa shape index (κ2) is 8.01. The normalized spacial score (nSPS) is 31.8. The summed E-state index contributed by atoms with van der Waals surface area (Å²) >= 11 is 0. The van der Waals surface area contributed by atoms with Gasteiger partial charge < -0.3 is 4.74 Å². The van der Waals surface area contributed by atoms with Gasteiger partial charge >= 0.3 is 0 Å². The molecule has 2 fully saturated rings. The molecule has 4 atom stereocenters. The fourth-order valence-electron chi connectivity index (χ4n) is 6.41. The Morgan fingerprint density at radius 1 is 1.30 bits per heavy atom. The van der Waals surface area contributed by atoms with Crippen LogP contribution in [0.1, 0.15) is 84.2 Å². The molecule has 1 unspecified atom stereocenters. The molecule has 0 aromatic heterocycles. The Labute approximate surface area is 182 Å². The third-order valence-corrected chi connectivity index (χ3v) is 8.94. The summed E-state index contributed by atoms with van der Waals surface area (Å²) in [6, 6.07) is 8.36. The molecule has 1 aromatic rings. The number of hydrazone groups is 1. The minimum absolute atomic E-state index is 0.137. The number of ether oxygens (including phenoxy) is 1. The fraction of sp³-hybridized carbons (Fsp3) is 0.692. The number of rotatable bonds is 8. The molecule has 4 rings (SSSR count). The smallest absolute Gasteiger partial charge is 0.179 e. The zero-order valence-corrected chi connectivity index (χ0v) is 19.4. The van der Waals surface area contributed by atoms with E-state index in [2.05, 4.69) is 44.8 Å². The molecule has 30 heavy (non-hydrogen) atoms. The maximum atomic E-state index is 13.4. The van der Waals surface area contributed by atoms with Crippen LogP contribution in [0.4, 0.5) is 0 Å². The van der Waals surface area contributed by atoms with Crippen LogP contribution in [0.15, 0.2) is 29.4 Å². The van der Waals surface area contributed by atoms with E-state index in [-0.39, 0.29) is 11.8 Å². The van der Waals surface area contributed by atoms with Gasteiger partial charge in [0.2, 0.25) is 0 Å². The van der Waals surface area contributed by atoms with E-state index in [4.69, 9.17) is 9.84 Å². The number of hydrogen-bond acceptors (Lipinski definition) is 4. The van der Waals surface area contributed by atoms with Crippen molar-refractivity contribution < 1.29 is 9.53 Å². The van der Waals surface area contributed by atoms with E-state index in [0.717, 1.165) is 36.8 Å². The summed E-state index contributed by atoms with van der Waals surface area (Å²) in [5.74, 6) is 2.41. The van der Waals surface area contributed by atoms with E-state index in [0.29, 0.717) is 29.6 Å². The van der Waals surface area contributed by atoms with Gasteiger partial charge in [0.15, 0.2) is 5.78 Å². The van der Waals surface area contributed by atoms with Gasteiger partial charge in [0.1, 0.15) is 11.5 Å². The molecule has 0 saturated heterocycles. The molecule has 0 amide bonds. The molecule has 164 valence electrons. The predicted octanol–water partition coefficient (Wildman–Crippen LogP) is 6.02. The number of methoxy groups -OCH3 is 1. The van der Waals surface area contributed by atoms with Crippen LogP contribution < -0.4 is 4.74 Å². The number of carbonyl (C=O) groups is 1. The monoisotopic (exact) mass is 410 g/mol. The summed E-state index contributed by atoms with van der Waals surface area (Å²) in [7, 11) is 1.70. The molecule has 1 heterocycles. The van der Waals surface area contributed by atoms with E-state index in [1.54, 1.807) is 7.11 Å². The van der Waals surface area contributed by atoms with Crippen molar-refractivity contribution in [3.8, 4) is 5.75 Å². The summed E-state index contributed by atoms with van der Waals surface area (Å²) < 4.78 is 5.43. The van der Waals surface area contributed by atoms with Gasteiger partial charge in [-0.1, -0.05) is 46.2 Å². The van der Waals surface area contributed by atoms with E-state index >= 15 is 0 Å². The van der Waals surface area contributed by atoms with E-state index in [1.165, 1.54) is 24.8 Å². The first-order valence-electron chi connectivity index (χ1n) is 11.8. The summed E-state index contributed by atoms with van der Waals surface area (Å²) in [5.41, 5.74) is 2.61. The lowest BCUT2D eigenvalue weighted by Gasteiger charge is -2.39. The third-order valence-electron chi connectivity index (χ3n) is 8.94. The highest BCUT2D eigenvalue weighted by Crippen LogP contribution is 2.68. The summed E-state index contributed by atoms with van der Waals surface area (Å²) in [6.07, 6.45) is 7.40. The van der Waals surface area contributed by atoms with Gasteiger partial charge in [-0.25, -0.2) is 0 Å². The lowest BCUT2D eigenvalue weighted by molar-refractivity contribution is -0.115. The van der Waals surface area contributed by atoms with Crippen LogP contribution in [-0.2, 0) is 4.79 Å². The number of benzene rings is 1. The topological polar surface area (TPSA) is 41.9 Å². The molecule has 1 aliphatic heterocycles. The van der Waals surface area contributed by atoms with Gasteiger partial charge in [-0.3, -0.25) is 9.80 Å². The van der Waals surface area contributed by atoms with Gasteiger partial charge in [-0.2, -0.15) is 5.10 Å². The quantitative estimate of drug-likeness (QED) is 0.526. The number of nitrogens with zero attached hydrogens (tertiary/aromatic N) is 2. The van der Waals surface area contributed by atoms with Crippen molar-refractivity contribution in [3.63, 3.8) is 0 Å². The van der Waals surface area contributed by atoms with Gasteiger partial charge in [0.25, 0.3) is 0 Å². The third kappa shape index (κ3) is 3.46. The van der Waals surface area contributed by atoms with Gasteiger partial charge in [0.05, 0.1) is 13.2 Å². The van der Waals surface area contributed by atoms with Crippen LogP contribution >= 0.6 is 0 Å². The Bertz CT molecular complexity index is 830. The molecule has 0 spiro atoms. The van der Waals surface area contributed by atoms with Crippen LogP contribution in [0.25, 0.3) is 0 Å². The Kier molecular flexibility index (Phi) is 5.71. The minimum atomic E-state index is 0.137. The number of carbonyl (C=O) groups excluding carboxylic acids is 1. The summed E-state index contributed by atoms with van der Waals surface area (Å²) in [4.78, 5) is 13.4. The first-order valence-corrected chi connectivity index (χ1v) is 11.8. The van der Waals surface area contributed by atoms with Crippen molar-refractivity contribution in [3.05, 3.63) is 29.8 Å². The second-order valence-corrected chi connectivity index (χ2v) is 10.5. The first-order chi connectivity index (χ1) is 14.3. The van der Waals surface area contributed by atoms with Crippen molar-refractivity contribution in [2.45, 2.75) is 78.7 Å². The first kappa shape index (κ1) is 21.4. The number of Topliss-reactive ketones (excluding diaryl/α,β-unsaturated/α-hetero) is 1. The number of ketones is 1. The van der Waals surface area contributed by atoms with Crippen molar-refractivity contribution in [1.29, 1.82) is 0 Å². The zero-order valence-electron chi connectivity index (χ0n) is 19.4. The van der Waals surface area contributed by atoms with Gasteiger partial charge in [-0.05, 0) is 66.0 Å². The second-order valence-electron chi connectivity index (χ2n) is 10.5. The molecule has 2 bridgehead atoms. The Morgan fingerprint density at radius 2 is 2.10 bits per heavy atom. The highest BCUT2D eigenvalue weighted by Gasteiger charge is 2.61. The number of fused-ring (bicyclic) bond motifs is 2. The molecule has 3 aliphatic rings. The van der Waals surface area contributed by atoms with E-state index in [9.17, 15) is 4.79 Å². The lowest BCUT2D eigenvalue weighted by atomic mass is 9.65. The van der Waals surface area contributed by atoms with E-state index < -0.39 is 0 Å². The summed E-state index contributed by atoms with van der Waals surface area (Å²) in [5, 5.41) is 7.01. The molecule has 4 nitrogen and oxygen atoms in total. The largest absolute Gasteiger partial charge is 0.497 e. The van der Waals surface area contributed by atoms with Crippen LogP contribution in [-0.4, -0.2) is 30.2 Å². The number of hydrogen-bond donors (Lipinski definition) is 0. The Morgan fingerprint density at radius 3 is 2.73 bits per heavy atom. The SMILES string of the molecule is CCCCN1N=C(C(=O)C[C@H]2C[C@H]3CC[C@]2(C)C3(C)C)CC1c1cccc(OC)c1. The molecule has 4 heteroatoms. The Hall–Kier alpha value is -1.84. The maximum absolute atomic E-state index is 13.4. The maximum Gasteiger partial charge on any atom is 0.179 e. The van der Waals surface area contributed by atoms with Crippen LogP contribution in [0.2, 0.25) is 0 Å². The van der Waals surface area contributed by atoms with Crippen LogP contribution in [0, 0.1) is 22.7 Å². The molecular formula is C26H38N2O2. The van der Waals surface area contributed by atoms with Crippen molar-refractivity contribution in [2.75, 3.05) is 13.7 Å². The molecule has 1 aromatic carbocycles. The number of unbranched alkanes of at least 4 members (excludes halogenated alkanes) is 1. The lowest BCUT2D eigenvalue weighted by Crippen LogP contribution is -2.34. The predicted molar refractivity (Wildman–Crippen MR) is 122 cm³/mol. The van der Waals surface area contributed by atoms with Crippen LogP contribution in [0.3, 0.4) is 0 Å². The van der Waals surface area contributed by atoms with E-state index in [1.807, 2.05) is 12.1 Å². The van der Waals surface area contributed by atoms with Gasteiger partial charge in [0, 0.05) is 19.4 Å². The molecule has 0 N–H and O–H groups in total. The summed E-state index contributed by atoms with van der Waals surface area (Å²) in [6.45, 7) is 10.4. The average molecular weight is 411 g/mol. The highest BCUT2D eigenvalue weighted by molar-refractivity contribution is 6.40. The van der Waals surface area contributed by atoms with Crippen molar-refractivity contribution in [2.24, 2.45) is 27.8 Å². The Balaban J connectivity index is 1.50. The standard InChI is InChI=1S/C26H38N2O2/c1-6-7-13-28-23(18-9-8-10-21(14-18)30-5)17-22(27-28)24(29)16-20-15-19-11-12-26(20,4)25(19,2)3/h8-10,14,19-20,23H,6-7,11-13,15-17H2,1-5H3/t19-,20-,23?,26+/m1/s1. The van der Waals surface area contributed by atoms with Crippen molar-refractivity contribution in [1.82, 2.24) is 5.01 Å². The highest BCUT2D eigenvalue weighted by atomic mass is 16.5.